The minimum Gasteiger partial charge on any atom is -0.268 e. The number of sulfonamides is 1. The van der Waals surface area contributed by atoms with Crippen LogP contribution in [0.25, 0.3) is 11.3 Å². The number of aromatic nitrogens is 3. The molecule has 2 aromatic heterocycles. The summed E-state index contributed by atoms with van der Waals surface area (Å²) < 4.78 is 26.2. The molecule has 0 spiro atoms. The first-order valence-electron chi connectivity index (χ1n) is 5.34. The number of pyridine rings is 1. The lowest BCUT2D eigenvalue weighted by molar-refractivity contribution is 0.585. The van der Waals surface area contributed by atoms with Crippen LogP contribution in [0.15, 0.2) is 30.6 Å². The lowest BCUT2D eigenvalue weighted by Crippen LogP contribution is -2.21. The second-order valence-corrected chi connectivity index (χ2v) is 5.81. The van der Waals surface area contributed by atoms with Crippen molar-refractivity contribution in [2.75, 3.05) is 6.26 Å². The molecule has 18 heavy (non-hydrogen) atoms. The van der Waals surface area contributed by atoms with Crippen LogP contribution in [0.4, 0.5) is 0 Å². The summed E-state index contributed by atoms with van der Waals surface area (Å²) in [6.07, 6.45) is 4.53. The number of nitrogens with one attached hydrogen (secondary N) is 1. The van der Waals surface area contributed by atoms with Gasteiger partial charge in [0.05, 0.1) is 24.2 Å². The molecular weight excluding hydrogens is 252 g/mol. The molecular formula is C11H14N4O2S. The van der Waals surface area contributed by atoms with Crippen LogP contribution in [0.3, 0.4) is 0 Å². The van der Waals surface area contributed by atoms with Crippen LogP contribution < -0.4 is 4.72 Å². The van der Waals surface area contributed by atoms with Crippen molar-refractivity contribution < 1.29 is 8.42 Å². The Labute approximate surface area is 106 Å². The molecule has 0 aliphatic carbocycles. The molecule has 0 saturated heterocycles. The van der Waals surface area contributed by atoms with Crippen molar-refractivity contribution in [3.8, 4) is 11.3 Å². The van der Waals surface area contributed by atoms with Gasteiger partial charge in [-0.25, -0.2) is 13.1 Å². The van der Waals surface area contributed by atoms with Crippen LogP contribution in [0.5, 0.6) is 0 Å². The third kappa shape index (κ3) is 3.14. The minimum atomic E-state index is -3.20. The van der Waals surface area contributed by atoms with Gasteiger partial charge < -0.3 is 0 Å². The minimum absolute atomic E-state index is 0.192. The van der Waals surface area contributed by atoms with Crippen LogP contribution in [0, 0.1) is 0 Å². The lowest BCUT2D eigenvalue weighted by atomic mass is 10.2. The molecule has 0 aliphatic rings. The molecule has 1 N–H and O–H groups in total. The van der Waals surface area contributed by atoms with E-state index in [4.69, 9.17) is 0 Å². The molecule has 6 nitrogen and oxygen atoms in total. The van der Waals surface area contributed by atoms with Gasteiger partial charge in [-0.3, -0.25) is 9.67 Å². The summed E-state index contributed by atoms with van der Waals surface area (Å²) in [5.74, 6) is 0. The maximum Gasteiger partial charge on any atom is 0.209 e. The Bertz CT molecular complexity index is 634. The molecule has 0 saturated carbocycles. The van der Waals surface area contributed by atoms with Crippen molar-refractivity contribution in [2.24, 2.45) is 7.05 Å². The van der Waals surface area contributed by atoms with Gasteiger partial charge in [-0.1, -0.05) is 0 Å². The molecule has 96 valence electrons. The van der Waals surface area contributed by atoms with Crippen molar-refractivity contribution in [1.82, 2.24) is 19.5 Å². The van der Waals surface area contributed by atoms with Gasteiger partial charge >= 0.3 is 0 Å². The van der Waals surface area contributed by atoms with Gasteiger partial charge in [-0.2, -0.15) is 5.10 Å². The van der Waals surface area contributed by atoms with E-state index in [1.54, 1.807) is 17.1 Å². The highest BCUT2D eigenvalue weighted by molar-refractivity contribution is 7.88. The van der Waals surface area contributed by atoms with E-state index >= 15 is 0 Å². The molecule has 0 atom stereocenters. The summed E-state index contributed by atoms with van der Waals surface area (Å²) >= 11 is 0. The van der Waals surface area contributed by atoms with Gasteiger partial charge in [0.15, 0.2) is 0 Å². The van der Waals surface area contributed by atoms with Crippen LogP contribution in [0.2, 0.25) is 0 Å². The molecule has 0 radical (unpaired) electrons. The Balaban J connectivity index is 2.23. The first kappa shape index (κ1) is 12.7. The summed E-state index contributed by atoms with van der Waals surface area (Å²) in [7, 11) is -1.38. The van der Waals surface area contributed by atoms with E-state index in [0.29, 0.717) is 5.69 Å². The first-order chi connectivity index (χ1) is 8.46. The van der Waals surface area contributed by atoms with Crippen molar-refractivity contribution in [1.29, 1.82) is 0 Å². The van der Waals surface area contributed by atoms with E-state index in [0.717, 1.165) is 17.5 Å². The quantitative estimate of drug-likeness (QED) is 0.875. The molecule has 0 amide bonds. The SMILES string of the molecule is Cn1nc(CNS(C)(=O)=O)cc1-c1ccncc1. The number of nitrogens with zero attached hydrogens (tertiary/aromatic N) is 3. The Morgan fingerprint density at radius 2 is 2.00 bits per heavy atom. The average molecular weight is 266 g/mol. The van der Waals surface area contributed by atoms with Gasteiger partial charge in [0, 0.05) is 25.0 Å². The largest absolute Gasteiger partial charge is 0.268 e. The van der Waals surface area contributed by atoms with Crippen LogP contribution in [0.1, 0.15) is 5.69 Å². The van der Waals surface area contributed by atoms with E-state index in [2.05, 4.69) is 14.8 Å². The smallest absolute Gasteiger partial charge is 0.209 e. The van der Waals surface area contributed by atoms with E-state index in [-0.39, 0.29) is 6.54 Å². The summed E-state index contributed by atoms with van der Waals surface area (Å²) in [5.41, 5.74) is 2.59. The maximum absolute atomic E-state index is 11.0. The van der Waals surface area contributed by atoms with Crippen LogP contribution >= 0.6 is 0 Å². The second-order valence-electron chi connectivity index (χ2n) is 3.97. The molecule has 2 heterocycles. The molecule has 0 aromatic carbocycles. The highest BCUT2D eigenvalue weighted by atomic mass is 32.2. The molecule has 2 aromatic rings. The maximum atomic E-state index is 11.0. The number of hydrogen-bond acceptors (Lipinski definition) is 4. The second kappa shape index (κ2) is 4.87. The fourth-order valence-electron chi connectivity index (χ4n) is 1.61. The number of aryl methyl sites for hydroxylation is 1. The molecule has 0 aliphatic heterocycles. The standard InChI is InChI=1S/C11H14N4O2S/c1-15-11(9-3-5-12-6-4-9)7-10(14-15)8-13-18(2,16)17/h3-7,13H,8H2,1-2H3. The zero-order valence-electron chi connectivity index (χ0n) is 10.2. The Kier molecular flexibility index (Phi) is 3.44. The van der Waals surface area contributed by atoms with Crippen molar-refractivity contribution >= 4 is 10.0 Å². The summed E-state index contributed by atoms with van der Waals surface area (Å²) in [4.78, 5) is 3.95. The topological polar surface area (TPSA) is 76.9 Å². The highest BCUT2D eigenvalue weighted by Gasteiger charge is 2.08. The molecule has 0 bridgehead atoms. The van der Waals surface area contributed by atoms with Gasteiger partial charge in [0.2, 0.25) is 10.0 Å². The molecule has 0 unspecified atom stereocenters. The van der Waals surface area contributed by atoms with Gasteiger partial charge in [-0.15, -0.1) is 0 Å². The summed E-state index contributed by atoms with van der Waals surface area (Å²) in [6.45, 7) is 0.192. The predicted molar refractivity (Wildman–Crippen MR) is 68.1 cm³/mol. The molecule has 7 heteroatoms. The van der Waals surface area contributed by atoms with E-state index < -0.39 is 10.0 Å². The summed E-state index contributed by atoms with van der Waals surface area (Å²) in [6, 6.07) is 5.61. The Morgan fingerprint density at radius 1 is 1.33 bits per heavy atom. The van der Waals surface area contributed by atoms with Gasteiger partial charge in [0.25, 0.3) is 0 Å². The third-order valence-corrected chi connectivity index (χ3v) is 3.09. The Morgan fingerprint density at radius 3 is 2.61 bits per heavy atom. The molecule has 2 rings (SSSR count). The van der Waals surface area contributed by atoms with E-state index in [9.17, 15) is 8.42 Å². The van der Waals surface area contributed by atoms with Gasteiger partial charge in [0.1, 0.15) is 0 Å². The highest BCUT2D eigenvalue weighted by Crippen LogP contribution is 2.18. The van der Waals surface area contributed by atoms with Crippen molar-refractivity contribution in [3.05, 3.63) is 36.3 Å². The van der Waals surface area contributed by atoms with Gasteiger partial charge in [-0.05, 0) is 18.2 Å². The first-order valence-corrected chi connectivity index (χ1v) is 7.23. The number of hydrogen-bond donors (Lipinski definition) is 1. The monoisotopic (exact) mass is 266 g/mol. The summed E-state index contributed by atoms with van der Waals surface area (Å²) in [5, 5.41) is 4.26. The van der Waals surface area contributed by atoms with Crippen molar-refractivity contribution in [3.63, 3.8) is 0 Å². The average Bonchev–Trinajstić information content (AvgIpc) is 2.68. The fraction of sp³-hybridized carbons (Fsp3) is 0.273. The zero-order valence-corrected chi connectivity index (χ0v) is 11.0. The van der Waals surface area contributed by atoms with Crippen molar-refractivity contribution in [2.45, 2.75) is 6.54 Å². The molecule has 0 fully saturated rings. The zero-order chi connectivity index (χ0) is 13.2. The van der Waals surface area contributed by atoms with Crippen LogP contribution in [-0.2, 0) is 23.6 Å². The number of rotatable bonds is 4. The fourth-order valence-corrected chi connectivity index (χ4v) is 2.02. The van der Waals surface area contributed by atoms with E-state index in [1.165, 1.54) is 0 Å². The Hall–Kier alpha value is -1.73. The van der Waals surface area contributed by atoms with Crippen LogP contribution in [-0.4, -0.2) is 29.4 Å². The third-order valence-electron chi connectivity index (χ3n) is 2.42. The normalized spacial score (nSPS) is 11.7. The lowest BCUT2D eigenvalue weighted by Gasteiger charge is -1.99. The van der Waals surface area contributed by atoms with E-state index in [1.807, 2.05) is 25.2 Å². The predicted octanol–water partition coefficient (Wildman–Crippen LogP) is 0.531.